The third-order valence-electron chi connectivity index (χ3n) is 3.01. The Bertz CT molecular complexity index is 657. The first-order valence-electron chi connectivity index (χ1n) is 6.41. The number of amides is 1. The van der Waals surface area contributed by atoms with Crippen LogP contribution in [0, 0.1) is 0 Å². The minimum absolute atomic E-state index is 0.0475. The SMILES string of the molecule is CC(Nc1cc(Cl)ccc1C(=O)N(C)C)c1ccc(Br)s1. The van der Waals surface area contributed by atoms with Gasteiger partial charge in [0.2, 0.25) is 0 Å². The number of anilines is 1. The third kappa shape index (κ3) is 3.99. The van der Waals surface area contributed by atoms with Crippen molar-refractivity contribution in [2.24, 2.45) is 0 Å². The van der Waals surface area contributed by atoms with E-state index in [2.05, 4.69) is 34.2 Å². The molecular weight excluding hydrogens is 372 g/mol. The molecule has 0 aliphatic rings. The number of hydrogen-bond donors (Lipinski definition) is 1. The van der Waals surface area contributed by atoms with E-state index in [1.807, 2.05) is 6.07 Å². The molecule has 0 bridgehead atoms. The van der Waals surface area contributed by atoms with E-state index in [0.29, 0.717) is 10.6 Å². The molecule has 2 aromatic rings. The Morgan fingerprint density at radius 3 is 2.62 bits per heavy atom. The molecule has 1 atom stereocenters. The summed E-state index contributed by atoms with van der Waals surface area (Å²) in [5.41, 5.74) is 1.37. The van der Waals surface area contributed by atoms with Gasteiger partial charge < -0.3 is 10.2 Å². The summed E-state index contributed by atoms with van der Waals surface area (Å²) >= 11 is 11.2. The molecule has 0 saturated heterocycles. The predicted octanol–water partition coefficient (Wildman–Crippen LogP) is 5.04. The number of hydrogen-bond acceptors (Lipinski definition) is 3. The maximum atomic E-state index is 12.2. The number of nitrogens with zero attached hydrogens (tertiary/aromatic N) is 1. The van der Waals surface area contributed by atoms with E-state index < -0.39 is 0 Å². The minimum Gasteiger partial charge on any atom is -0.377 e. The van der Waals surface area contributed by atoms with Gasteiger partial charge in [-0.1, -0.05) is 11.6 Å². The molecular formula is C15H16BrClN2OS. The Morgan fingerprint density at radius 1 is 1.33 bits per heavy atom. The number of benzene rings is 1. The number of halogens is 2. The second-order valence-corrected chi connectivity index (χ2v) is 7.83. The van der Waals surface area contributed by atoms with Crippen LogP contribution in [0.15, 0.2) is 34.1 Å². The van der Waals surface area contributed by atoms with Crippen LogP contribution in [-0.4, -0.2) is 24.9 Å². The molecule has 1 N–H and O–H groups in total. The molecule has 1 amide bonds. The van der Waals surface area contributed by atoms with E-state index in [1.165, 1.54) is 4.88 Å². The average molecular weight is 388 g/mol. The van der Waals surface area contributed by atoms with Crippen molar-refractivity contribution >= 4 is 50.5 Å². The Labute approximate surface area is 142 Å². The van der Waals surface area contributed by atoms with Gasteiger partial charge in [-0.05, 0) is 53.2 Å². The lowest BCUT2D eigenvalue weighted by Gasteiger charge is -2.19. The Morgan fingerprint density at radius 2 is 2.05 bits per heavy atom. The second kappa shape index (κ2) is 6.81. The summed E-state index contributed by atoms with van der Waals surface area (Å²) in [5.74, 6) is -0.0475. The highest BCUT2D eigenvalue weighted by Crippen LogP contribution is 2.31. The normalized spacial score (nSPS) is 12.0. The first-order valence-corrected chi connectivity index (χ1v) is 8.40. The zero-order chi connectivity index (χ0) is 15.6. The van der Waals surface area contributed by atoms with Crippen LogP contribution in [0.1, 0.15) is 28.2 Å². The van der Waals surface area contributed by atoms with Crippen molar-refractivity contribution in [3.05, 3.63) is 49.6 Å². The number of nitrogens with one attached hydrogen (secondary N) is 1. The molecule has 1 aromatic carbocycles. The molecule has 0 spiro atoms. The van der Waals surface area contributed by atoms with Crippen LogP contribution in [0.4, 0.5) is 5.69 Å². The lowest BCUT2D eigenvalue weighted by Crippen LogP contribution is -2.23. The molecule has 112 valence electrons. The van der Waals surface area contributed by atoms with Gasteiger partial charge in [0.15, 0.2) is 0 Å². The first kappa shape index (κ1) is 16.3. The number of thiophene rings is 1. The zero-order valence-corrected chi connectivity index (χ0v) is 15.1. The Balaban J connectivity index is 2.30. The van der Waals surface area contributed by atoms with Gasteiger partial charge in [0.05, 0.1) is 15.4 Å². The summed E-state index contributed by atoms with van der Waals surface area (Å²) in [6.45, 7) is 2.06. The zero-order valence-electron chi connectivity index (χ0n) is 12.0. The topological polar surface area (TPSA) is 32.3 Å². The van der Waals surface area contributed by atoms with Crippen LogP contribution in [0.5, 0.6) is 0 Å². The highest BCUT2D eigenvalue weighted by Gasteiger charge is 2.16. The summed E-state index contributed by atoms with van der Waals surface area (Å²) in [7, 11) is 3.47. The van der Waals surface area contributed by atoms with Gasteiger partial charge in [0.1, 0.15) is 0 Å². The standard InChI is InChI=1S/C15H16BrClN2OS/c1-9(13-6-7-14(16)21-13)18-12-8-10(17)4-5-11(12)15(20)19(2)3/h4-9,18H,1-3H3. The Kier molecular flexibility index (Phi) is 5.30. The fraction of sp³-hybridized carbons (Fsp3) is 0.267. The van der Waals surface area contributed by atoms with Crippen LogP contribution in [-0.2, 0) is 0 Å². The van der Waals surface area contributed by atoms with E-state index in [4.69, 9.17) is 11.6 Å². The maximum absolute atomic E-state index is 12.2. The molecule has 6 heteroatoms. The smallest absolute Gasteiger partial charge is 0.255 e. The van der Waals surface area contributed by atoms with Crippen molar-refractivity contribution < 1.29 is 4.79 Å². The molecule has 0 radical (unpaired) electrons. The van der Waals surface area contributed by atoms with Crippen molar-refractivity contribution in [1.82, 2.24) is 4.90 Å². The molecule has 3 nitrogen and oxygen atoms in total. The van der Waals surface area contributed by atoms with Gasteiger partial charge in [-0.25, -0.2) is 0 Å². The number of carbonyl (C=O) groups excluding carboxylic acids is 1. The minimum atomic E-state index is -0.0475. The third-order valence-corrected chi connectivity index (χ3v) is 5.05. The van der Waals surface area contributed by atoms with Gasteiger partial charge in [-0.15, -0.1) is 11.3 Å². The maximum Gasteiger partial charge on any atom is 0.255 e. The van der Waals surface area contributed by atoms with Gasteiger partial charge in [0.25, 0.3) is 5.91 Å². The molecule has 0 saturated carbocycles. The van der Waals surface area contributed by atoms with Crippen molar-refractivity contribution in [3.63, 3.8) is 0 Å². The van der Waals surface area contributed by atoms with Crippen LogP contribution in [0.3, 0.4) is 0 Å². The number of carbonyl (C=O) groups is 1. The van der Waals surface area contributed by atoms with Crippen LogP contribution in [0.2, 0.25) is 5.02 Å². The van der Waals surface area contributed by atoms with E-state index in [0.717, 1.165) is 9.47 Å². The molecule has 2 rings (SSSR count). The lowest BCUT2D eigenvalue weighted by atomic mass is 10.1. The van der Waals surface area contributed by atoms with E-state index in [1.54, 1.807) is 48.5 Å². The molecule has 1 aromatic heterocycles. The van der Waals surface area contributed by atoms with Crippen molar-refractivity contribution in [1.29, 1.82) is 0 Å². The molecule has 21 heavy (non-hydrogen) atoms. The first-order chi connectivity index (χ1) is 9.88. The Hall–Kier alpha value is -1.04. The molecule has 0 aliphatic carbocycles. The van der Waals surface area contributed by atoms with Crippen LogP contribution < -0.4 is 5.32 Å². The van der Waals surface area contributed by atoms with Crippen molar-refractivity contribution in [2.45, 2.75) is 13.0 Å². The fourth-order valence-corrected chi connectivity index (χ4v) is 3.53. The largest absolute Gasteiger partial charge is 0.377 e. The summed E-state index contributed by atoms with van der Waals surface area (Å²) in [6, 6.07) is 9.44. The van der Waals surface area contributed by atoms with Crippen LogP contribution >= 0.6 is 38.9 Å². The molecule has 1 unspecified atom stereocenters. The predicted molar refractivity (Wildman–Crippen MR) is 93.5 cm³/mol. The summed E-state index contributed by atoms with van der Waals surface area (Å²) in [6.07, 6.45) is 0. The van der Waals surface area contributed by atoms with Crippen molar-refractivity contribution in [3.8, 4) is 0 Å². The van der Waals surface area contributed by atoms with E-state index >= 15 is 0 Å². The highest BCUT2D eigenvalue weighted by molar-refractivity contribution is 9.11. The average Bonchev–Trinajstić information content (AvgIpc) is 2.85. The van der Waals surface area contributed by atoms with Crippen LogP contribution in [0.25, 0.3) is 0 Å². The van der Waals surface area contributed by atoms with Gasteiger partial charge >= 0.3 is 0 Å². The molecule has 1 heterocycles. The van der Waals surface area contributed by atoms with Gasteiger partial charge in [-0.3, -0.25) is 4.79 Å². The van der Waals surface area contributed by atoms with Gasteiger partial charge in [-0.2, -0.15) is 0 Å². The van der Waals surface area contributed by atoms with E-state index in [9.17, 15) is 4.79 Å². The monoisotopic (exact) mass is 386 g/mol. The second-order valence-electron chi connectivity index (χ2n) is 4.90. The quantitative estimate of drug-likeness (QED) is 0.797. The lowest BCUT2D eigenvalue weighted by molar-refractivity contribution is 0.0828. The molecule has 0 aliphatic heterocycles. The van der Waals surface area contributed by atoms with E-state index in [-0.39, 0.29) is 11.9 Å². The fourth-order valence-electron chi connectivity index (χ4n) is 1.93. The highest BCUT2D eigenvalue weighted by atomic mass is 79.9. The van der Waals surface area contributed by atoms with Gasteiger partial charge in [0, 0.05) is 29.7 Å². The molecule has 0 fully saturated rings. The number of rotatable bonds is 4. The summed E-state index contributed by atoms with van der Waals surface area (Å²) < 4.78 is 1.09. The van der Waals surface area contributed by atoms with Crippen molar-refractivity contribution in [2.75, 3.05) is 19.4 Å². The summed E-state index contributed by atoms with van der Waals surface area (Å²) in [5, 5.41) is 3.98. The summed E-state index contributed by atoms with van der Waals surface area (Å²) in [4.78, 5) is 15.0.